The van der Waals surface area contributed by atoms with Crippen LogP contribution in [0.15, 0.2) is 30.3 Å². The van der Waals surface area contributed by atoms with Gasteiger partial charge in [-0.1, -0.05) is 18.2 Å². The summed E-state index contributed by atoms with van der Waals surface area (Å²) < 4.78 is 5.43. The van der Waals surface area contributed by atoms with Gasteiger partial charge in [0.2, 0.25) is 0 Å². The first-order chi connectivity index (χ1) is 9.24. The van der Waals surface area contributed by atoms with Gasteiger partial charge in [-0.2, -0.15) is 0 Å². The van der Waals surface area contributed by atoms with Crippen molar-refractivity contribution < 1.29 is 14.6 Å². The lowest BCUT2D eigenvalue weighted by Gasteiger charge is -2.18. The Kier molecular flexibility index (Phi) is 3.56. The topological polar surface area (TPSA) is 46.5 Å². The molecule has 1 N–H and O–H groups in total. The molecule has 3 heteroatoms. The fourth-order valence-corrected chi connectivity index (χ4v) is 3.73. The molecule has 2 fully saturated rings. The van der Waals surface area contributed by atoms with Crippen LogP contribution >= 0.6 is 0 Å². The van der Waals surface area contributed by atoms with Gasteiger partial charge in [0.1, 0.15) is 0 Å². The standard InChI is InChI=1S/C16H20O3/c17-14-8-12-6-7-13(15(12)9-14)10-19-16(18)11-4-2-1-3-5-11/h1-5,12-15,17H,6-10H2. The van der Waals surface area contributed by atoms with Crippen molar-refractivity contribution in [1.29, 1.82) is 0 Å². The van der Waals surface area contributed by atoms with Crippen molar-refractivity contribution in [3.63, 3.8) is 0 Å². The second-order valence-electron chi connectivity index (χ2n) is 5.85. The zero-order chi connectivity index (χ0) is 13.2. The molecule has 0 amide bonds. The molecule has 0 aliphatic heterocycles. The van der Waals surface area contributed by atoms with Crippen molar-refractivity contribution >= 4 is 5.97 Å². The highest BCUT2D eigenvalue weighted by molar-refractivity contribution is 5.89. The molecular formula is C16H20O3. The summed E-state index contributed by atoms with van der Waals surface area (Å²) in [6, 6.07) is 9.13. The minimum atomic E-state index is -0.234. The van der Waals surface area contributed by atoms with Crippen LogP contribution in [0.5, 0.6) is 0 Å². The third kappa shape index (κ3) is 2.66. The molecule has 3 rings (SSSR count). The molecule has 3 nitrogen and oxygen atoms in total. The van der Waals surface area contributed by atoms with Gasteiger partial charge in [0.05, 0.1) is 18.3 Å². The summed E-state index contributed by atoms with van der Waals surface area (Å²) in [5, 5.41) is 9.70. The molecule has 0 spiro atoms. The third-order valence-electron chi connectivity index (χ3n) is 4.68. The molecule has 19 heavy (non-hydrogen) atoms. The summed E-state index contributed by atoms with van der Waals surface area (Å²) in [7, 11) is 0. The van der Waals surface area contributed by atoms with E-state index in [4.69, 9.17) is 4.74 Å². The molecule has 2 aliphatic rings. The highest BCUT2D eigenvalue weighted by Crippen LogP contribution is 2.47. The van der Waals surface area contributed by atoms with Gasteiger partial charge in [-0.25, -0.2) is 4.79 Å². The van der Waals surface area contributed by atoms with E-state index in [0.717, 1.165) is 19.3 Å². The Morgan fingerprint density at radius 1 is 1.21 bits per heavy atom. The monoisotopic (exact) mass is 260 g/mol. The second kappa shape index (κ2) is 5.33. The van der Waals surface area contributed by atoms with E-state index in [1.54, 1.807) is 12.1 Å². The van der Waals surface area contributed by atoms with Gasteiger partial charge in [-0.05, 0) is 55.6 Å². The predicted molar refractivity (Wildman–Crippen MR) is 71.7 cm³/mol. The maximum absolute atomic E-state index is 11.9. The van der Waals surface area contributed by atoms with Crippen LogP contribution in [-0.4, -0.2) is 23.8 Å². The van der Waals surface area contributed by atoms with Crippen LogP contribution in [0.1, 0.15) is 36.0 Å². The van der Waals surface area contributed by atoms with Gasteiger partial charge < -0.3 is 9.84 Å². The third-order valence-corrected chi connectivity index (χ3v) is 4.68. The Morgan fingerprint density at radius 2 is 2.00 bits per heavy atom. The summed E-state index contributed by atoms with van der Waals surface area (Å²) in [6.45, 7) is 0.502. The Labute approximate surface area is 113 Å². The Morgan fingerprint density at radius 3 is 2.79 bits per heavy atom. The number of aliphatic hydroxyl groups excluding tert-OH is 1. The Bertz CT molecular complexity index is 443. The van der Waals surface area contributed by atoms with Gasteiger partial charge in [-0.15, -0.1) is 0 Å². The van der Waals surface area contributed by atoms with Gasteiger partial charge in [-0.3, -0.25) is 0 Å². The molecule has 4 unspecified atom stereocenters. The number of aliphatic hydroxyl groups is 1. The van der Waals surface area contributed by atoms with Gasteiger partial charge in [0.25, 0.3) is 0 Å². The number of benzene rings is 1. The fourth-order valence-electron chi connectivity index (χ4n) is 3.73. The zero-order valence-electron chi connectivity index (χ0n) is 11.0. The largest absolute Gasteiger partial charge is 0.462 e. The van der Waals surface area contributed by atoms with Crippen molar-refractivity contribution in [1.82, 2.24) is 0 Å². The number of rotatable bonds is 3. The summed E-state index contributed by atoms with van der Waals surface area (Å²) in [5.74, 6) is 1.41. The van der Waals surface area contributed by atoms with Crippen LogP contribution in [0, 0.1) is 17.8 Å². The first kappa shape index (κ1) is 12.7. The van der Waals surface area contributed by atoms with Crippen LogP contribution in [0.2, 0.25) is 0 Å². The SMILES string of the molecule is O=C(OCC1CCC2CC(O)CC12)c1ccccc1. The Hall–Kier alpha value is -1.35. The van der Waals surface area contributed by atoms with Crippen LogP contribution < -0.4 is 0 Å². The molecule has 0 heterocycles. The van der Waals surface area contributed by atoms with Crippen molar-refractivity contribution in [2.75, 3.05) is 6.61 Å². The fraction of sp³-hybridized carbons (Fsp3) is 0.562. The summed E-state index contributed by atoms with van der Waals surface area (Å²) in [6.07, 6.45) is 3.99. The summed E-state index contributed by atoms with van der Waals surface area (Å²) in [5.41, 5.74) is 0.614. The highest BCUT2D eigenvalue weighted by Gasteiger charge is 2.43. The average Bonchev–Trinajstić information content (AvgIpc) is 2.96. The van der Waals surface area contributed by atoms with Crippen molar-refractivity contribution in [3.8, 4) is 0 Å². The van der Waals surface area contributed by atoms with E-state index in [0.29, 0.717) is 29.9 Å². The number of hydrogen-bond acceptors (Lipinski definition) is 3. The molecular weight excluding hydrogens is 240 g/mol. The van der Waals surface area contributed by atoms with Gasteiger partial charge in [0.15, 0.2) is 0 Å². The minimum Gasteiger partial charge on any atom is -0.462 e. The molecule has 102 valence electrons. The second-order valence-corrected chi connectivity index (χ2v) is 5.85. The van der Waals surface area contributed by atoms with Gasteiger partial charge >= 0.3 is 5.97 Å². The predicted octanol–water partition coefficient (Wildman–Crippen LogP) is 2.64. The molecule has 0 bridgehead atoms. The van der Waals surface area contributed by atoms with Crippen molar-refractivity contribution in [3.05, 3.63) is 35.9 Å². The van der Waals surface area contributed by atoms with Crippen LogP contribution in [0.4, 0.5) is 0 Å². The Balaban J connectivity index is 1.54. The van der Waals surface area contributed by atoms with E-state index in [-0.39, 0.29) is 12.1 Å². The lowest BCUT2D eigenvalue weighted by Crippen LogP contribution is -2.19. The zero-order valence-corrected chi connectivity index (χ0v) is 11.0. The molecule has 1 aromatic carbocycles. The highest BCUT2D eigenvalue weighted by atomic mass is 16.5. The number of carbonyl (C=O) groups is 1. The van der Waals surface area contributed by atoms with E-state index in [1.807, 2.05) is 18.2 Å². The molecule has 2 aliphatic carbocycles. The molecule has 4 atom stereocenters. The molecule has 1 aromatic rings. The van der Waals surface area contributed by atoms with E-state index < -0.39 is 0 Å². The number of esters is 1. The number of hydrogen-bond donors (Lipinski definition) is 1. The van der Waals surface area contributed by atoms with Crippen LogP contribution in [0.25, 0.3) is 0 Å². The maximum Gasteiger partial charge on any atom is 0.338 e. The maximum atomic E-state index is 11.9. The molecule has 2 saturated carbocycles. The number of fused-ring (bicyclic) bond motifs is 1. The van der Waals surface area contributed by atoms with E-state index >= 15 is 0 Å². The van der Waals surface area contributed by atoms with Gasteiger partial charge in [0, 0.05) is 0 Å². The number of carbonyl (C=O) groups excluding carboxylic acids is 1. The van der Waals surface area contributed by atoms with E-state index in [1.165, 1.54) is 6.42 Å². The first-order valence-corrected chi connectivity index (χ1v) is 7.14. The van der Waals surface area contributed by atoms with Crippen molar-refractivity contribution in [2.24, 2.45) is 17.8 Å². The van der Waals surface area contributed by atoms with Crippen LogP contribution in [-0.2, 0) is 4.74 Å². The van der Waals surface area contributed by atoms with Crippen LogP contribution in [0.3, 0.4) is 0 Å². The number of ether oxygens (including phenoxy) is 1. The molecule has 0 saturated heterocycles. The lowest BCUT2D eigenvalue weighted by atomic mass is 9.93. The quantitative estimate of drug-likeness (QED) is 0.850. The van der Waals surface area contributed by atoms with E-state index in [2.05, 4.69) is 0 Å². The lowest BCUT2D eigenvalue weighted by molar-refractivity contribution is 0.0399. The van der Waals surface area contributed by atoms with E-state index in [9.17, 15) is 9.90 Å². The van der Waals surface area contributed by atoms with Crippen molar-refractivity contribution in [2.45, 2.75) is 31.8 Å². The summed E-state index contributed by atoms with van der Waals surface area (Å²) in [4.78, 5) is 11.9. The average molecular weight is 260 g/mol. The molecule has 0 radical (unpaired) electrons. The smallest absolute Gasteiger partial charge is 0.338 e. The normalized spacial score (nSPS) is 33.1. The molecule has 0 aromatic heterocycles. The summed E-state index contributed by atoms with van der Waals surface area (Å²) >= 11 is 0. The first-order valence-electron chi connectivity index (χ1n) is 7.14. The minimum absolute atomic E-state index is 0.136.